The quantitative estimate of drug-likeness (QED) is 0.525. The lowest BCUT2D eigenvalue weighted by molar-refractivity contribution is 0.471. The van der Waals surface area contributed by atoms with E-state index in [1.807, 2.05) is 66.7 Å². The summed E-state index contributed by atoms with van der Waals surface area (Å²) in [5.74, 6) is 0.856. The number of halogens is 1. The highest BCUT2D eigenvalue weighted by molar-refractivity contribution is 6.30. The highest BCUT2D eigenvalue weighted by Crippen LogP contribution is 2.36. The number of aromatic hydroxyl groups is 1. The Morgan fingerprint density at radius 2 is 1.77 bits per heavy atom. The van der Waals surface area contributed by atoms with Gasteiger partial charge in [-0.2, -0.15) is 0 Å². The van der Waals surface area contributed by atoms with Crippen LogP contribution in [0.15, 0.2) is 79.1 Å². The number of anilines is 1. The number of aromatic nitrogens is 2. The third-order valence-corrected chi connectivity index (χ3v) is 4.46. The van der Waals surface area contributed by atoms with Gasteiger partial charge in [0.1, 0.15) is 17.1 Å². The fraction of sp³-hybridized carbons (Fsp3) is 0.0476. The number of hydrogen-bond acceptors (Lipinski definition) is 4. The molecule has 0 fully saturated rings. The minimum atomic E-state index is -0.324. The smallest absolute Gasteiger partial charge is 0.147 e. The predicted molar refractivity (Wildman–Crippen MR) is 105 cm³/mol. The van der Waals surface area contributed by atoms with Crippen molar-refractivity contribution in [3.8, 4) is 5.75 Å². The van der Waals surface area contributed by atoms with E-state index in [4.69, 9.17) is 11.6 Å². The van der Waals surface area contributed by atoms with Crippen LogP contribution in [0.5, 0.6) is 5.75 Å². The molecule has 0 bridgehead atoms. The molecule has 0 radical (unpaired) electrons. The van der Waals surface area contributed by atoms with Gasteiger partial charge >= 0.3 is 0 Å². The minimum absolute atomic E-state index is 0.150. The summed E-state index contributed by atoms with van der Waals surface area (Å²) in [7, 11) is 0. The number of benzene rings is 2. The number of phenolic OH excluding ortho intramolecular Hbond substituents is 1. The Morgan fingerprint density at radius 1 is 0.885 bits per heavy atom. The Labute approximate surface area is 156 Å². The lowest BCUT2D eigenvalue weighted by Gasteiger charge is -2.22. The molecule has 0 saturated heterocycles. The second-order valence-electron chi connectivity index (χ2n) is 5.93. The number of fused-ring (bicyclic) bond motifs is 1. The summed E-state index contributed by atoms with van der Waals surface area (Å²) in [6.45, 7) is 0. The Bertz CT molecular complexity index is 1050. The summed E-state index contributed by atoms with van der Waals surface area (Å²) in [5.41, 5.74) is 2.21. The molecule has 2 aromatic heterocycles. The van der Waals surface area contributed by atoms with E-state index in [9.17, 15) is 5.11 Å². The van der Waals surface area contributed by atoms with Gasteiger partial charge in [-0.15, -0.1) is 0 Å². The molecule has 0 spiro atoms. The molecule has 0 amide bonds. The van der Waals surface area contributed by atoms with Gasteiger partial charge in [-0.25, -0.2) is 4.98 Å². The molecular formula is C21H16ClN3O. The summed E-state index contributed by atoms with van der Waals surface area (Å²) < 4.78 is 0. The summed E-state index contributed by atoms with van der Waals surface area (Å²) in [6, 6.07) is 20.5. The fourth-order valence-electron chi connectivity index (χ4n) is 3.00. The molecule has 4 rings (SSSR count). The Hall–Kier alpha value is -3.11. The molecule has 0 aliphatic carbocycles. The molecule has 2 N–H and O–H groups in total. The standard InChI is InChI=1S/C21H16ClN3O/c22-16-7-3-5-15(13-16)19(25-18-8-1-2-11-23-18)17-10-9-14-6-4-12-24-20(14)21(17)26/h1-13,19,26H,(H,23,25)/t19-/m0/s1. The maximum Gasteiger partial charge on any atom is 0.147 e. The average molecular weight is 362 g/mol. The Balaban J connectivity index is 1.86. The van der Waals surface area contributed by atoms with E-state index in [-0.39, 0.29) is 11.8 Å². The highest BCUT2D eigenvalue weighted by Gasteiger charge is 2.20. The average Bonchev–Trinajstić information content (AvgIpc) is 2.68. The molecule has 5 heteroatoms. The first kappa shape index (κ1) is 16.4. The molecule has 26 heavy (non-hydrogen) atoms. The van der Waals surface area contributed by atoms with Crippen LogP contribution in [0.3, 0.4) is 0 Å². The molecule has 0 unspecified atom stereocenters. The summed E-state index contributed by atoms with van der Waals surface area (Å²) >= 11 is 6.20. The lowest BCUT2D eigenvalue weighted by atomic mass is 9.96. The van der Waals surface area contributed by atoms with Crippen LogP contribution < -0.4 is 5.32 Å². The van der Waals surface area contributed by atoms with Gasteiger partial charge in [0.25, 0.3) is 0 Å². The van der Waals surface area contributed by atoms with Crippen LogP contribution >= 0.6 is 11.6 Å². The zero-order valence-electron chi connectivity index (χ0n) is 13.8. The van der Waals surface area contributed by atoms with Crippen LogP contribution in [0.4, 0.5) is 5.82 Å². The van der Waals surface area contributed by atoms with Gasteiger partial charge in [0, 0.05) is 28.4 Å². The van der Waals surface area contributed by atoms with Crippen molar-refractivity contribution in [2.45, 2.75) is 6.04 Å². The van der Waals surface area contributed by atoms with Gasteiger partial charge in [0.05, 0.1) is 6.04 Å². The van der Waals surface area contributed by atoms with Crippen molar-refractivity contribution >= 4 is 28.3 Å². The molecule has 4 nitrogen and oxygen atoms in total. The van der Waals surface area contributed by atoms with Crippen LogP contribution in [0.1, 0.15) is 17.2 Å². The van der Waals surface area contributed by atoms with E-state index in [1.165, 1.54) is 0 Å². The number of pyridine rings is 2. The minimum Gasteiger partial charge on any atom is -0.505 e. The second kappa shape index (κ2) is 7.02. The summed E-state index contributed by atoms with van der Waals surface area (Å²) in [4.78, 5) is 8.67. The number of rotatable bonds is 4. The first-order valence-electron chi connectivity index (χ1n) is 8.22. The van der Waals surface area contributed by atoms with Gasteiger partial charge in [0.2, 0.25) is 0 Å². The van der Waals surface area contributed by atoms with Gasteiger partial charge in [-0.1, -0.05) is 48.0 Å². The monoisotopic (exact) mass is 361 g/mol. The molecule has 0 aliphatic rings. The fourth-order valence-corrected chi connectivity index (χ4v) is 3.20. The van der Waals surface area contributed by atoms with Crippen molar-refractivity contribution in [3.05, 3.63) is 95.3 Å². The number of phenols is 1. The first-order valence-corrected chi connectivity index (χ1v) is 8.60. The predicted octanol–water partition coefficient (Wildman–Crippen LogP) is 5.19. The maximum absolute atomic E-state index is 10.9. The summed E-state index contributed by atoms with van der Waals surface area (Å²) in [6.07, 6.45) is 3.39. The summed E-state index contributed by atoms with van der Waals surface area (Å²) in [5, 5.41) is 15.8. The van der Waals surface area contributed by atoms with Crippen LogP contribution in [-0.2, 0) is 0 Å². The molecule has 0 aliphatic heterocycles. The first-order chi connectivity index (χ1) is 12.7. The number of nitrogens with zero attached hydrogens (tertiary/aromatic N) is 2. The SMILES string of the molecule is Oc1c([C@@H](Nc2ccccn2)c2cccc(Cl)c2)ccc2cccnc12. The van der Waals surface area contributed by atoms with Crippen molar-refractivity contribution in [2.75, 3.05) is 5.32 Å². The topological polar surface area (TPSA) is 58.0 Å². The van der Waals surface area contributed by atoms with Crippen LogP contribution in [0.25, 0.3) is 10.9 Å². The van der Waals surface area contributed by atoms with E-state index in [0.29, 0.717) is 21.9 Å². The molecule has 2 heterocycles. The molecule has 1 atom stereocenters. The van der Waals surface area contributed by atoms with E-state index in [0.717, 1.165) is 10.9 Å². The number of hydrogen-bond donors (Lipinski definition) is 2. The van der Waals surface area contributed by atoms with Gasteiger partial charge in [-0.05, 0) is 35.9 Å². The van der Waals surface area contributed by atoms with Crippen LogP contribution in [0.2, 0.25) is 5.02 Å². The zero-order chi connectivity index (χ0) is 17.9. The Kier molecular flexibility index (Phi) is 4.42. The van der Waals surface area contributed by atoms with E-state index >= 15 is 0 Å². The van der Waals surface area contributed by atoms with Crippen molar-refractivity contribution in [3.63, 3.8) is 0 Å². The van der Waals surface area contributed by atoms with Crippen molar-refractivity contribution in [1.29, 1.82) is 0 Å². The second-order valence-corrected chi connectivity index (χ2v) is 6.36. The van der Waals surface area contributed by atoms with Crippen molar-refractivity contribution in [1.82, 2.24) is 9.97 Å². The van der Waals surface area contributed by atoms with E-state index in [2.05, 4.69) is 15.3 Å². The largest absolute Gasteiger partial charge is 0.505 e. The highest BCUT2D eigenvalue weighted by atomic mass is 35.5. The molecule has 2 aromatic carbocycles. The van der Waals surface area contributed by atoms with Crippen LogP contribution in [-0.4, -0.2) is 15.1 Å². The van der Waals surface area contributed by atoms with Crippen LogP contribution in [0, 0.1) is 0 Å². The molecular weight excluding hydrogens is 346 g/mol. The van der Waals surface area contributed by atoms with Gasteiger partial charge in [-0.3, -0.25) is 4.98 Å². The third-order valence-electron chi connectivity index (χ3n) is 4.23. The molecule has 0 saturated carbocycles. The van der Waals surface area contributed by atoms with E-state index < -0.39 is 0 Å². The lowest BCUT2D eigenvalue weighted by Crippen LogP contribution is -2.13. The van der Waals surface area contributed by atoms with Gasteiger partial charge < -0.3 is 10.4 Å². The molecule has 128 valence electrons. The number of nitrogens with one attached hydrogen (secondary N) is 1. The maximum atomic E-state index is 10.9. The van der Waals surface area contributed by atoms with E-state index in [1.54, 1.807) is 12.4 Å². The zero-order valence-corrected chi connectivity index (χ0v) is 14.6. The molecule has 4 aromatic rings. The van der Waals surface area contributed by atoms with Gasteiger partial charge in [0.15, 0.2) is 0 Å². The normalized spacial score (nSPS) is 12.0. The third kappa shape index (κ3) is 3.19. The van der Waals surface area contributed by atoms with Crippen molar-refractivity contribution < 1.29 is 5.11 Å². The Morgan fingerprint density at radius 3 is 2.58 bits per heavy atom. The van der Waals surface area contributed by atoms with Crippen molar-refractivity contribution in [2.24, 2.45) is 0 Å².